The van der Waals surface area contributed by atoms with Crippen LogP contribution in [0.1, 0.15) is 12.5 Å². The molecule has 0 unspecified atom stereocenters. The molecule has 0 aliphatic rings. The lowest BCUT2D eigenvalue weighted by Crippen LogP contribution is -2.39. The molecule has 0 saturated carbocycles. The van der Waals surface area contributed by atoms with Crippen LogP contribution in [0.15, 0.2) is 18.2 Å². The molecular weight excluding hydrogens is 311 g/mol. The van der Waals surface area contributed by atoms with Crippen LogP contribution in [0.3, 0.4) is 0 Å². The Labute approximate surface area is 130 Å². The number of likely N-dealkylation sites (N-methyl/N-ethyl adjacent to an activating group) is 2. The van der Waals surface area contributed by atoms with Crippen molar-refractivity contribution in [2.75, 3.05) is 33.5 Å². The molecule has 0 aromatic heterocycles. The Balaban J connectivity index is 2.70. The van der Waals surface area contributed by atoms with E-state index in [9.17, 15) is 17.6 Å². The van der Waals surface area contributed by atoms with Crippen molar-refractivity contribution >= 4 is 15.9 Å². The highest BCUT2D eigenvalue weighted by molar-refractivity contribution is 7.89. The van der Waals surface area contributed by atoms with Gasteiger partial charge in [-0.25, -0.2) is 12.8 Å². The summed E-state index contributed by atoms with van der Waals surface area (Å²) in [7, 11) is 0.864. The minimum atomic E-state index is -3.41. The van der Waals surface area contributed by atoms with E-state index in [1.807, 2.05) is 0 Å². The number of halogens is 1. The standard InChI is InChI=1S/C14H21FN2O4S/c1-5-22(19,20)17(3)10-14(18)16(2)9-11-6-7-13(21-4)12(15)8-11/h6-8H,5,9-10H2,1-4H3. The molecular formula is C14H21FN2O4S. The minimum Gasteiger partial charge on any atom is -0.494 e. The second kappa shape index (κ2) is 7.55. The summed E-state index contributed by atoms with van der Waals surface area (Å²) in [6, 6.07) is 4.42. The second-order valence-corrected chi connectivity index (χ2v) is 7.24. The highest BCUT2D eigenvalue weighted by Crippen LogP contribution is 2.18. The lowest BCUT2D eigenvalue weighted by molar-refractivity contribution is -0.130. The third kappa shape index (κ3) is 4.67. The van der Waals surface area contributed by atoms with Crippen LogP contribution < -0.4 is 4.74 Å². The lowest BCUT2D eigenvalue weighted by Gasteiger charge is -2.21. The number of sulfonamides is 1. The summed E-state index contributed by atoms with van der Waals surface area (Å²) < 4.78 is 42.7. The number of rotatable bonds is 7. The van der Waals surface area contributed by atoms with Gasteiger partial charge in [0.2, 0.25) is 15.9 Å². The van der Waals surface area contributed by atoms with E-state index in [0.29, 0.717) is 5.56 Å². The number of carbonyl (C=O) groups is 1. The highest BCUT2D eigenvalue weighted by atomic mass is 32.2. The van der Waals surface area contributed by atoms with E-state index in [1.165, 1.54) is 45.2 Å². The molecule has 8 heteroatoms. The Morgan fingerprint density at radius 3 is 2.45 bits per heavy atom. The molecule has 0 radical (unpaired) electrons. The molecule has 0 fully saturated rings. The van der Waals surface area contributed by atoms with E-state index in [4.69, 9.17) is 4.74 Å². The number of hydrogen-bond acceptors (Lipinski definition) is 4. The van der Waals surface area contributed by atoms with Gasteiger partial charge in [-0.15, -0.1) is 0 Å². The number of benzene rings is 1. The number of methoxy groups -OCH3 is 1. The predicted octanol–water partition coefficient (Wildman–Crippen LogP) is 1.07. The first-order chi connectivity index (χ1) is 10.2. The summed E-state index contributed by atoms with van der Waals surface area (Å²) >= 11 is 0. The molecule has 6 nitrogen and oxygen atoms in total. The summed E-state index contributed by atoms with van der Waals surface area (Å²) in [5, 5.41) is 0. The van der Waals surface area contributed by atoms with Crippen LogP contribution in [0.2, 0.25) is 0 Å². The van der Waals surface area contributed by atoms with Gasteiger partial charge >= 0.3 is 0 Å². The quantitative estimate of drug-likeness (QED) is 0.749. The molecule has 22 heavy (non-hydrogen) atoms. The fraction of sp³-hybridized carbons (Fsp3) is 0.500. The number of amides is 1. The van der Waals surface area contributed by atoms with E-state index in [2.05, 4.69) is 0 Å². The van der Waals surface area contributed by atoms with Crippen LogP contribution in [0.25, 0.3) is 0 Å². The first-order valence-corrected chi connectivity index (χ1v) is 8.32. The zero-order chi connectivity index (χ0) is 16.9. The highest BCUT2D eigenvalue weighted by Gasteiger charge is 2.20. The van der Waals surface area contributed by atoms with Crippen molar-refractivity contribution in [3.63, 3.8) is 0 Å². The Morgan fingerprint density at radius 1 is 1.32 bits per heavy atom. The van der Waals surface area contributed by atoms with Gasteiger partial charge < -0.3 is 9.64 Å². The Morgan fingerprint density at radius 2 is 1.95 bits per heavy atom. The average Bonchev–Trinajstić information content (AvgIpc) is 2.47. The second-order valence-electron chi connectivity index (χ2n) is 4.88. The van der Waals surface area contributed by atoms with Crippen molar-refractivity contribution in [1.82, 2.24) is 9.21 Å². The SMILES string of the molecule is CCS(=O)(=O)N(C)CC(=O)N(C)Cc1ccc(OC)c(F)c1. The van der Waals surface area contributed by atoms with E-state index in [0.717, 1.165) is 4.31 Å². The molecule has 0 aliphatic heterocycles. The predicted molar refractivity (Wildman–Crippen MR) is 81.5 cm³/mol. The van der Waals surface area contributed by atoms with Gasteiger partial charge in [0.25, 0.3) is 0 Å². The summed E-state index contributed by atoms with van der Waals surface area (Å²) in [6.07, 6.45) is 0. The van der Waals surface area contributed by atoms with E-state index in [1.54, 1.807) is 6.07 Å². The molecule has 0 saturated heterocycles. The number of carbonyl (C=O) groups excluding carboxylic acids is 1. The fourth-order valence-electron chi connectivity index (χ4n) is 1.80. The Bertz CT molecular complexity index is 634. The summed E-state index contributed by atoms with van der Waals surface area (Å²) in [5.74, 6) is -0.807. The summed E-state index contributed by atoms with van der Waals surface area (Å²) in [4.78, 5) is 13.4. The van der Waals surface area contributed by atoms with Crippen LogP contribution in [0.5, 0.6) is 5.75 Å². The third-order valence-corrected chi connectivity index (χ3v) is 5.07. The monoisotopic (exact) mass is 332 g/mol. The van der Waals surface area contributed by atoms with Crippen molar-refractivity contribution in [3.05, 3.63) is 29.6 Å². The lowest BCUT2D eigenvalue weighted by atomic mass is 10.2. The zero-order valence-corrected chi connectivity index (χ0v) is 14.0. The van der Waals surface area contributed by atoms with E-state index >= 15 is 0 Å². The van der Waals surface area contributed by atoms with E-state index < -0.39 is 15.8 Å². The first kappa shape index (κ1) is 18.4. The topological polar surface area (TPSA) is 66.9 Å². The van der Waals surface area contributed by atoms with E-state index in [-0.39, 0.29) is 30.5 Å². The molecule has 0 heterocycles. The van der Waals surface area contributed by atoms with Crippen LogP contribution in [-0.2, 0) is 21.4 Å². The molecule has 1 rings (SSSR count). The number of hydrogen-bond donors (Lipinski definition) is 0. The fourth-order valence-corrected chi connectivity index (χ4v) is 2.55. The largest absolute Gasteiger partial charge is 0.494 e. The molecule has 0 atom stereocenters. The average molecular weight is 332 g/mol. The van der Waals surface area contributed by atoms with Crippen LogP contribution in [0.4, 0.5) is 4.39 Å². The maximum absolute atomic E-state index is 13.6. The molecule has 1 aromatic rings. The normalized spacial score (nSPS) is 11.5. The number of nitrogens with zero attached hydrogens (tertiary/aromatic N) is 2. The maximum Gasteiger partial charge on any atom is 0.237 e. The molecule has 124 valence electrons. The van der Waals surface area contributed by atoms with Crippen LogP contribution in [0, 0.1) is 5.82 Å². The van der Waals surface area contributed by atoms with Crippen LogP contribution >= 0.6 is 0 Å². The molecule has 1 amide bonds. The molecule has 0 bridgehead atoms. The number of ether oxygens (including phenoxy) is 1. The minimum absolute atomic E-state index is 0.0653. The zero-order valence-electron chi connectivity index (χ0n) is 13.2. The maximum atomic E-state index is 13.6. The van der Waals surface area contributed by atoms with Crippen molar-refractivity contribution in [2.24, 2.45) is 0 Å². The van der Waals surface area contributed by atoms with Gasteiger partial charge in [-0.1, -0.05) is 6.07 Å². The first-order valence-electron chi connectivity index (χ1n) is 6.71. The molecule has 1 aromatic carbocycles. The molecule has 0 aliphatic carbocycles. The molecule has 0 spiro atoms. The third-order valence-electron chi connectivity index (χ3n) is 3.26. The van der Waals surface area contributed by atoms with Gasteiger partial charge in [-0.05, 0) is 24.6 Å². The van der Waals surface area contributed by atoms with Gasteiger partial charge in [0.05, 0.1) is 19.4 Å². The smallest absolute Gasteiger partial charge is 0.237 e. The Hall–Kier alpha value is -1.67. The van der Waals surface area contributed by atoms with Crippen molar-refractivity contribution in [2.45, 2.75) is 13.5 Å². The van der Waals surface area contributed by atoms with Gasteiger partial charge in [0.1, 0.15) is 0 Å². The van der Waals surface area contributed by atoms with Gasteiger partial charge in [-0.3, -0.25) is 4.79 Å². The van der Waals surface area contributed by atoms with Crippen LogP contribution in [-0.4, -0.2) is 57.0 Å². The van der Waals surface area contributed by atoms with Gasteiger partial charge in [0, 0.05) is 20.6 Å². The summed E-state index contributed by atoms with van der Waals surface area (Å²) in [6.45, 7) is 1.45. The Kier molecular flexibility index (Phi) is 6.31. The van der Waals surface area contributed by atoms with Crippen molar-refractivity contribution < 1.29 is 22.3 Å². The van der Waals surface area contributed by atoms with Crippen molar-refractivity contribution in [3.8, 4) is 5.75 Å². The van der Waals surface area contributed by atoms with Gasteiger partial charge in [0.15, 0.2) is 11.6 Å². The van der Waals surface area contributed by atoms with Gasteiger partial charge in [-0.2, -0.15) is 4.31 Å². The summed E-state index contributed by atoms with van der Waals surface area (Å²) in [5.41, 5.74) is 0.593. The molecule has 0 N–H and O–H groups in total. The van der Waals surface area contributed by atoms with Crippen molar-refractivity contribution in [1.29, 1.82) is 0 Å².